The van der Waals surface area contributed by atoms with Crippen molar-refractivity contribution in [2.75, 3.05) is 13.7 Å². The summed E-state index contributed by atoms with van der Waals surface area (Å²) in [5.74, 6) is 0.393. The van der Waals surface area contributed by atoms with Crippen molar-refractivity contribution in [1.29, 1.82) is 0 Å². The molecule has 2 N–H and O–H groups in total. The zero-order valence-electron chi connectivity index (χ0n) is 11.0. The van der Waals surface area contributed by atoms with E-state index in [0.717, 1.165) is 31.2 Å². The van der Waals surface area contributed by atoms with Crippen LogP contribution in [0.5, 0.6) is 11.5 Å². The van der Waals surface area contributed by atoms with E-state index < -0.39 is 6.61 Å². The lowest BCUT2D eigenvalue weighted by molar-refractivity contribution is -0.0512. The van der Waals surface area contributed by atoms with E-state index in [2.05, 4.69) is 4.74 Å². The summed E-state index contributed by atoms with van der Waals surface area (Å²) in [6.07, 6.45) is 4.35. The molecule has 1 fully saturated rings. The van der Waals surface area contributed by atoms with Crippen LogP contribution in [0.1, 0.15) is 31.2 Å². The maximum atomic E-state index is 12.3. The molecule has 1 aromatic rings. The van der Waals surface area contributed by atoms with Crippen molar-refractivity contribution >= 4 is 0 Å². The topological polar surface area (TPSA) is 44.5 Å². The Bertz CT molecular complexity index is 431. The lowest BCUT2D eigenvalue weighted by atomic mass is 9.79. The molecule has 19 heavy (non-hydrogen) atoms. The summed E-state index contributed by atoms with van der Waals surface area (Å²) in [6, 6.07) is 5.13. The molecule has 0 spiro atoms. The molecule has 5 heteroatoms. The van der Waals surface area contributed by atoms with Gasteiger partial charge in [-0.1, -0.05) is 18.9 Å². The number of ether oxygens (including phenoxy) is 2. The molecular formula is C14H19F2NO2. The van der Waals surface area contributed by atoms with Crippen LogP contribution in [0, 0.1) is 0 Å². The van der Waals surface area contributed by atoms with Crippen LogP contribution in [0.4, 0.5) is 8.78 Å². The SMILES string of the molecule is COc1cc(C2(CN)CCCC2)ccc1OC(F)F. The largest absolute Gasteiger partial charge is 0.493 e. The highest BCUT2D eigenvalue weighted by atomic mass is 19.3. The van der Waals surface area contributed by atoms with Gasteiger partial charge in [-0.15, -0.1) is 0 Å². The smallest absolute Gasteiger partial charge is 0.387 e. The number of halogens is 2. The Hall–Kier alpha value is -1.36. The Balaban J connectivity index is 2.32. The highest BCUT2D eigenvalue weighted by Gasteiger charge is 2.34. The third-order valence-electron chi connectivity index (χ3n) is 3.94. The molecule has 0 heterocycles. The molecule has 106 valence electrons. The molecule has 1 aliphatic rings. The van der Waals surface area contributed by atoms with Gasteiger partial charge in [-0.25, -0.2) is 0 Å². The van der Waals surface area contributed by atoms with Crippen molar-refractivity contribution in [2.24, 2.45) is 5.73 Å². The number of nitrogens with two attached hydrogens (primary N) is 1. The van der Waals surface area contributed by atoms with Crippen molar-refractivity contribution in [3.8, 4) is 11.5 Å². The first-order valence-corrected chi connectivity index (χ1v) is 6.45. The van der Waals surface area contributed by atoms with Crippen LogP contribution in [0.3, 0.4) is 0 Å². The maximum absolute atomic E-state index is 12.3. The van der Waals surface area contributed by atoms with E-state index in [1.54, 1.807) is 6.07 Å². The molecule has 0 unspecified atom stereocenters. The van der Waals surface area contributed by atoms with Gasteiger partial charge in [-0.05, 0) is 30.5 Å². The molecule has 0 aromatic heterocycles. The highest BCUT2D eigenvalue weighted by molar-refractivity contribution is 5.45. The van der Waals surface area contributed by atoms with Crippen molar-refractivity contribution in [2.45, 2.75) is 37.7 Å². The van der Waals surface area contributed by atoms with Crippen molar-refractivity contribution in [1.82, 2.24) is 0 Å². The van der Waals surface area contributed by atoms with Gasteiger partial charge in [0.15, 0.2) is 11.5 Å². The van der Waals surface area contributed by atoms with Crippen LogP contribution in [0.2, 0.25) is 0 Å². The standard InChI is InChI=1S/C14H19F2NO2/c1-18-12-8-10(4-5-11(12)19-13(15)16)14(9-17)6-2-3-7-14/h4-5,8,13H,2-3,6-7,9,17H2,1H3. The van der Waals surface area contributed by atoms with Crippen LogP contribution in [-0.2, 0) is 5.41 Å². The minimum atomic E-state index is -2.85. The van der Waals surface area contributed by atoms with E-state index in [-0.39, 0.29) is 11.2 Å². The number of hydrogen-bond donors (Lipinski definition) is 1. The fourth-order valence-electron chi connectivity index (χ4n) is 2.85. The first-order valence-electron chi connectivity index (χ1n) is 6.45. The number of hydrogen-bond acceptors (Lipinski definition) is 3. The van der Waals surface area contributed by atoms with Crippen LogP contribution < -0.4 is 15.2 Å². The molecule has 1 saturated carbocycles. The monoisotopic (exact) mass is 271 g/mol. The van der Waals surface area contributed by atoms with E-state index >= 15 is 0 Å². The highest BCUT2D eigenvalue weighted by Crippen LogP contribution is 2.43. The van der Waals surface area contributed by atoms with Gasteiger partial charge in [0, 0.05) is 12.0 Å². The number of methoxy groups -OCH3 is 1. The number of benzene rings is 1. The quantitative estimate of drug-likeness (QED) is 0.895. The van der Waals surface area contributed by atoms with Crippen molar-refractivity contribution in [3.05, 3.63) is 23.8 Å². The summed E-state index contributed by atoms with van der Waals surface area (Å²) >= 11 is 0. The lowest BCUT2D eigenvalue weighted by Gasteiger charge is -2.28. The third kappa shape index (κ3) is 2.81. The zero-order chi connectivity index (χ0) is 13.9. The van der Waals surface area contributed by atoms with E-state index in [9.17, 15) is 8.78 Å². The van der Waals surface area contributed by atoms with Crippen LogP contribution in [0.15, 0.2) is 18.2 Å². The van der Waals surface area contributed by atoms with Crippen LogP contribution >= 0.6 is 0 Å². The second kappa shape index (κ2) is 5.74. The van der Waals surface area contributed by atoms with Gasteiger partial charge < -0.3 is 15.2 Å². The van der Waals surface area contributed by atoms with Gasteiger partial charge in [-0.2, -0.15) is 8.78 Å². The molecule has 2 rings (SSSR count). The zero-order valence-corrected chi connectivity index (χ0v) is 11.0. The normalized spacial score (nSPS) is 17.7. The van der Waals surface area contributed by atoms with E-state index in [1.807, 2.05) is 6.07 Å². The maximum Gasteiger partial charge on any atom is 0.387 e. The van der Waals surface area contributed by atoms with Crippen molar-refractivity contribution < 1.29 is 18.3 Å². The lowest BCUT2D eigenvalue weighted by Crippen LogP contribution is -2.32. The minimum Gasteiger partial charge on any atom is -0.493 e. The molecular weight excluding hydrogens is 252 g/mol. The predicted octanol–water partition coefficient (Wildman–Crippen LogP) is 3.07. The second-order valence-electron chi connectivity index (χ2n) is 4.94. The van der Waals surface area contributed by atoms with Gasteiger partial charge in [0.2, 0.25) is 0 Å². The number of alkyl halides is 2. The average Bonchev–Trinajstić information content (AvgIpc) is 2.88. The molecule has 1 aromatic carbocycles. The van der Waals surface area contributed by atoms with E-state index in [4.69, 9.17) is 10.5 Å². The fraction of sp³-hybridized carbons (Fsp3) is 0.571. The summed E-state index contributed by atoms with van der Waals surface area (Å²) < 4.78 is 34.1. The van der Waals surface area contributed by atoms with E-state index in [0.29, 0.717) is 12.3 Å². The first kappa shape index (κ1) is 14.1. The second-order valence-corrected chi connectivity index (χ2v) is 4.94. The summed E-state index contributed by atoms with van der Waals surface area (Å²) in [6.45, 7) is -2.29. The van der Waals surface area contributed by atoms with Crippen molar-refractivity contribution in [3.63, 3.8) is 0 Å². The van der Waals surface area contributed by atoms with Gasteiger partial charge in [0.1, 0.15) is 0 Å². The Morgan fingerprint density at radius 2 is 1.95 bits per heavy atom. The summed E-state index contributed by atoms with van der Waals surface area (Å²) in [7, 11) is 1.45. The Morgan fingerprint density at radius 1 is 1.26 bits per heavy atom. The molecule has 0 saturated heterocycles. The first-order chi connectivity index (χ1) is 9.11. The average molecular weight is 271 g/mol. The Morgan fingerprint density at radius 3 is 2.47 bits per heavy atom. The van der Waals surface area contributed by atoms with Crippen LogP contribution in [-0.4, -0.2) is 20.3 Å². The van der Waals surface area contributed by atoms with Gasteiger partial charge in [0.25, 0.3) is 0 Å². The predicted molar refractivity (Wildman–Crippen MR) is 68.8 cm³/mol. The summed E-state index contributed by atoms with van der Waals surface area (Å²) in [5, 5.41) is 0. The van der Waals surface area contributed by atoms with Gasteiger partial charge >= 0.3 is 6.61 Å². The van der Waals surface area contributed by atoms with Crippen LogP contribution in [0.25, 0.3) is 0 Å². The molecule has 3 nitrogen and oxygen atoms in total. The Labute approximate surface area is 111 Å². The molecule has 0 amide bonds. The van der Waals surface area contributed by atoms with Gasteiger partial charge in [0.05, 0.1) is 7.11 Å². The molecule has 0 atom stereocenters. The fourth-order valence-corrected chi connectivity index (χ4v) is 2.85. The number of rotatable bonds is 5. The molecule has 0 radical (unpaired) electrons. The Kier molecular flexibility index (Phi) is 4.24. The summed E-state index contributed by atoms with van der Waals surface area (Å²) in [4.78, 5) is 0. The van der Waals surface area contributed by atoms with E-state index in [1.165, 1.54) is 13.2 Å². The third-order valence-corrected chi connectivity index (χ3v) is 3.94. The van der Waals surface area contributed by atoms with Gasteiger partial charge in [-0.3, -0.25) is 0 Å². The summed E-state index contributed by atoms with van der Waals surface area (Å²) in [5.41, 5.74) is 6.92. The molecule has 0 aliphatic heterocycles. The molecule has 0 bridgehead atoms. The molecule has 1 aliphatic carbocycles. The minimum absolute atomic E-state index is 0.0450.